The van der Waals surface area contributed by atoms with Crippen molar-refractivity contribution < 1.29 is 13.7 Å². The lowest BCUT2D eigenvalue weighted by Gasteiger charge is -2.09. The van der Waals surface area contributed by atoms with E-state index in [1.54, 1.807) is 0 Å². The largest absolute Gasteiger partial charge is 0.380 e. The van der Waals surface area contributed by atoms with Crippen molar-refractivity contribution >= 4 is 11.4 Å². The maximum Gasteiger partial charge on any atom is 0.270 e. The number of nitro groups is 1. The van der Waals surface area contributed by atoms with Crippen LogP contribution in [0.5, 0.6) is 0 Å². The highest BCUT2D eigenvalue weighted by molar-refractivity contribution is 5.61. The van der Waals surface area contributed by atoms with Gasteiger partial charge in [-0.15, -0.1) is 0 Å². The molecule has 1 N–H and O–H groups in total. The van der Waals surface area contributed by atoms with Crippen LogP contribution in [0.2, 0.25) is 0 Å². The molecule has 0 aliphatic rings. The summed E-state index contributed by atoms with van der Waals surface area (Å²) in [4.78, 5) is 10.0. The van der Waals surface area contributed by atoms with E-state index in [1.807, 2.05) is 6.07 Å². The van der Waals surface area contributed by atoms with Crippen molar-refractivity contribution in [3.63, 3.8) is 0 Å². The molecule has 0 unspecified atom stereocenters. The number of rotatable bonds is 4. The van der Waals surface area contributed by atoms with Gasteiger partial charge in [0.2, 0.25) is 0 Å². The third-order valence-corrected chi connectivity index (χ3v) is 2.82. The summed E-state index contributed by atoms with van der Waals surface area (Å²) < 4.78 is 26.3. The minimum absolute atomic E-state index is 0.0264. The van der Waals surface area contributed by atoms with Gasteiger partial charge in [0.15, 0.2) is 0 Å². The van der Waals surface area contributed by atoms with Crippen LogP contribution in [0.4, 0.5) is 20.2 Å². The van der Waals surface area contributed by atoms with Crippen LogP contribution in [0.3, 0.4) is 0 Å². The molecule has 0 aromatic heterocycles. The predicted molar refractivity (Wildman–Crippen MR) is 71.5 cm³/mol. The second-order valence-corrected chi connectivity index (χ2v) is 4.19. The second kappa shape index (κ2) is 5.96. The van der Waals surface area contributed by atoms with Crippen molar-refractivity contribution in [3.8, 4) is 6.07 Å². The molecule has 0 atom stereocenters. The van der Waals surface area contributed by atoms with E-state index in [-0.39, 0.29) is 23.4 Å². The number of benzene rings is 2. The van der Waals surface area contributed by atoms with Crippen molar-refractivity contribution in [2.45, 2.75) is 6.54 Å². The molecule has 21 heavy (non-hydrogen) atoms. The van der Waals surface area contributed by atoms with E-state index in [0.717, 1.165) is 18.2 Å². The molecule has 106 valence electrons. The van der Waals surface area contributed by atoms with Gasteiger partial charge >= 0.3 is 0 Å². The summed E-state index contributed by atoms with van der Waals surface area (Å²) in [6.07, 6.45) is 0. The van der Waals surface area contributed by atoms with Crippen LogP contribution in [0.25, 0.3) is 0 Å². The van der Waals surface area contributed by atoms with Crippen LogP contribution in [0, 0.1) is 33.1 Å². The molecule has 2 aromatic rings. The zero-order chi connectivity index (χ0) is 15.4. The minimum atomic E-state index is -0.706. The number of anilines is 1. The van der Waals surface area contributed by atoms with Crippen LogP contribution in [-0.2, 0) is 6.54 Å². The van der Waals surface area contributed by atoms with Crippen molar-refractivity contribution in [1.29, 1.82) is 5.26 Å². The average Bonchev–Trinajstić information content (AvgIpc) is 2.46. The van der Waals surface area contributed by atoms with Crippen LogP contribution < -0.4 is 5.32 Å². The Morgan fingerprint density at radius 1 is 1.24 bits per heavy atom. The van der Waals surface area contributed by atoms with Gasteiger partial charge in [-0.3, -0.25) is 10.1 Å². The van der Waals surface area contributed by atoms with Crippen molar-refractivity contribution in [3.05, 3.63) is 69.3 Å². The van der Waals surface area contributed by atoms with Crippen LogP contribution in [0.15, 0.2) is 36.4 Å². The van der Waals surface area contributed by atoms with Gasteiger partial charge < -0.3 is 5.32 Å². The summed E-state index contributed by atoms with van der Waals surface area (Å²) in [5, 5.41) is 22.4. The first-order chi connectivity index (χ1) is 10.0. The highest BCUT2D eigenvalue weighted by Crippen LogP contribution is 2.22. The first-order valence-electron chi connectivity index (χ1n) is 5.87. The van der Waals surface area contributed by atoms with Gasteiger partial charge in [-0.25, -0.2) is 8.78 Å². The van der Waals surface area contributed by atoms with Crippen LogP contribution in [0.1, 0.15) is 11.1 Å². The molecule has 2 aromatic carbocycles. The fourth-order valence-corrected chi connectivity index (χ4v) is 1.75. The van der Waals surface area contributed by atoms with Gasteiger partial charge in [0.25, 0.3) is 5.69 Å². The molecule has 7 heteroatoms. The number of nitrogens with one attached hydrogen (secondary N) is 1. The zero-order valence-corrected chi connectivity index (χ0v) is 10.6. The Hall–Kier alpha value is -3.01. The Morgan fingerprint density at radius 3 is 2.62 bits per heavy atom. The molecule has 0 amide bonds. The maximum absolute atomic E-state index is 13.5. The maximum atomic E-state index is 13.5. The van der Waals surface area contributed by atoms with Gasteiger partial charge in [-0.05, 0) is 12.1 Å². The van der Waals surface area contributed by atoms with Gasteiger partial charge in [-0.2, -0.15) is 5.26 Å². The van der Waals surface area contributed by atoms with E-state index < -0.39 is 16.6 Å². The second-order valence-electron chi connectivity index (χ2n) is 4.19. The number of non-ortho nitro benzene ring substituents is 1. The number of halogens is 2. The molecule has 0 saturated heterocycles. The third kappa shape index (κ3) is 3.30. The lowest BCUT2D eigenvalue weighted by atomic mass is 10.1. The molecule has 2 rings (SSSR count). The molecule has 0 radical (unpaired) electrons. The summed E-state index contributed by atoms with van der Waals surface area (Å²) in [6, 6.07) is 8.75. The highest BCUT2D eigenvalue weighted by atomic mass is 19.1. The normalized spacial score (nSPS) is 9.95. The van der Waals surface area contributed by atoms with E-state index in [4.69, 9.17) is 5.26 Å². The standard InChI is InChI=1S/C14H9F2N3O2/c15-11-2-1-9(13(16)6-11)8-18-14-4-3-12(19(20)21)5-10(14)7-17/h1-6,18H,8H2. The fourth-order valence-electron chi connectivity index (χ4n) is 1.75. The van der Waals surface area contributed by atoms with E-state index in [9.17, 15) is 18.9 Å². The first kappa shape index (κ1) is 14.4. The number of hydrogen-bond acceptors (Lipinski definition) is 4. The molecule has 5 nitrogen and oxygen atoms in total. The van der Waals surface area contributed by atoms with Crippen molar-refractivity contribution in [2.75, 3.05) is 5.32 Å². The molecule has 0 aliphatic heterocycles. The molecule has 0 fully saturated rings. The Morgan fingerprint density at radius 2 is 2.00 bits per heavy atom. The SMILES string of the molecule is N#Cc1cc([N+](=O)[O-])ccc1NCc1ccc(F)cc1F. The molecule has 0 aliphatic carbocycles. The Bertz CT molecular complexity index is 741. The molecule has 0 heterocycles. The number of hydrogen-bond donors (Lipinski definition) is 1. The molecular weight excluding hydrogens is 280 g/mol. The number of nitriles is 1. The smallest absolute Gasteiger partial charge is 0.270 e. The van der Waals surface area contributed by atoms with Gasteiger partial charge in [-0.1, -0.05) is 6.07 Å². The summed E-state index contributed by atoms with van der Waals surface area (Å²) in [6.45, 7) is 0.0264. The highest BCUT2D eigenvalue weighted by Gasteiger charge is 2.11. The average molecular weight is 289 g/mol. The zero-order valence-electron chi connectivity index (χ0n) is 10.6. The lowest BCUT2D eigenvalue weighted by Crippen LogP contribution is -2.04. The van der Waals surface area contributed by atoms with Gasteiger partial charge in [0, 0.05) is 30.3 Å². The van der Waals surface area contributed by atoms with Crippen LogP contribution in [-0.4, -0.2) is 4.92 Å². The minimum Gasteiger partial charge on any atom is -0.380 e. The quantitative estimate of drug-likeness (QED) is 0.691. The van der Waals surface area contributed by atoms with E-state index in [0.29, 0.717) is 5.69 Å². The van der Waals surface area contributed by atoms with E-state index in [1.165, 1.54) is 18.2 Å². The lowest BCUT2D eigenvalue weighted by molar-refractivity contribution is -0.384. The van der Waals surface area contributed by atoms with Crippen molar-refractivity contribution in [2.24, 2.45) is 0 Å². The topological polar surface area (TPSA) is 79.0 Å². The Kier molecular flexibility index (Phi) is 4.09. The van der Waals surface area contributed by atoms with Gasteiger partial charge in [0.05, 0.1) is 16.2 Å². The molecule has 0 bridgehead atoms. The number of nitro benzene ring substituents is 1. The Balaban J connectivity index is 2.20. The van der Waals surface area contributed by atoms with E-state index in [2.05, 4.69) is 5.32 Å². The summed E-state index contributed by atoms with van der Waals surface area (Å²) in [5.74, 6) is -1.38. The van der Waals surface area contributed by atoms with Crippen LogP contribution >= 0.6 is 0 Å². The number of nitrogens with zero attached hydrogens (tertiary/aromatic N) is 2. The first-order valence-corrected chi connectivity index (χ1v) is 5.87. The fraction of sp³-hybridized carbons (Fsp3) is 0.0714. The third-order valence-electron chi connectivity index (χ3n) is 2.82. The summed E-state index contributed by atoms with van der Waals surface area (Å²) in [7, 11) is 0. The van der Waals surface area contributed by atoms with E-state index >= 15 is 0 Å². The summed E-state index contributed by atoms with van der Waals surface area (Å²) >= 11 is 0. The molecule has 0 saturated carbocycles. The molecular formula is C14H9F2N3O2. The monoisotopic (exact) mass is 289 g/mol. The molecule has 0 spiro atoms. The van der Waals surface area contributed by atoms with Crippen molar-refractivity contribution in [1.82, 2.24) is 0 Å². The Labute approximate surface area is 118 Å². The summed E-state index contributed by atoms with van der Waals surface area (Å²) in [5.41, 5.74) is 0.433. The predicted octanol–water partition coefficient (Wildman–Crippen LogP) is 3.36. The van der Waals surface area contributed by atoms with Gasteiger partial charge in [0.1, 0.15) is 17.7 Å².